The minimum atomic E-state index is -0.591. The molecular formula is C17H24O. The van der Waals surface area contributed by atoms with Gasteiger partial charge in [-0.25, -0.2) is 0 Å². The number of aliphatic hydroxyl groups excluding tert-OH is 1. The molecule has 1 aromatic carbocycles. The molecule has 0 aliphatic rings. The molecule has 0 aliphatic carbocycles. The van der Waals surface area contributed by atoms with Crippen LogP contribution in [0, 0.1) is 24.2 Å². The van der Waals surface area contributed by atoms with Gasteiger partial charge >= 0.3 is 0 Å². The summed E-state index contributed by atoms with van der Waals surface area (Å²) in [5.74, 6) is 6.03. The molecule has 0 fully saturated rings. The van der Waals surface area contributed by atoms with Gasteiger partial charge in [0.2, 0.25) is 0 Å². The summed E-state index contributed by atoms with van der Waals surface area (Å²) in [4.78, 5) is 0. The maximum Gasteiger partial charge on any atom is 0.119 e. The molecule has 0 saturated heterocycles. The lowest BCUT2D eigenvalue weighted by Gasteiger charge is -2.20. The first-order chi connectivity index (χ1) is 8.34. The van der Waals surface area contributed by atoms with Crippen molar-refractivity contribution in [1.82, 2.24) is 0 Å². The fraction of sp³-hybridized carbons (Fsp3) is 0.529. The molecule has 0 spiro atoms. The standard InChI is InChI=1S/C17H24O/c1-6-7-14-8-9-15(13(2)12-14)10-11-16(18)17(3,4)5/h8-9,12,16,18H,6-7H2,1-5H3. The monoisotopic (exact) mass is 244 g/mol. The topological polar surface area (TPSA) is 20.2 Å². The van der Waals surface area contributed by atoms with Crippen molar-refractivity contribution in [2.45, 2.75) is 53.6 Å². The van der Waals surface area contributed by atoms with E-state index in [0.717, 1.165) is 18.4 Å². The Bertz CT molecular complexity index is 455. The third kappa shape index (κ3) is 4.20. The molecule has 0 aliphatic heterocycles. The highest BCUT2D eigenvalue weighted by molar-refractivity contribution is 5.43. The van der Waals surface area contributed by atoms with Crippen LogP contribution in [-0.2, 0) is 6.42 Å². The highest BCUT2D eigenvalue weighted by Gasteiger charge is 2.19. The molecule has 1 unspecified atom stereocenters. The van der Waals surface area contributed by atoms with Crippen LogP contribution in [0.4, 0.5) is 0 Å². The average Bonchev–Trinajstić information content (AvgIpc) is 2.26. The largest absolute Gasteiger partial charge is 0.380 e. The highest BCUT2D eigenvalue weighted by atomic mass is 16.3. The normalized spacial score (nSPS) is 12.8. The second-order valence-electron chi connectivity index (χ2n) is 5.94. The van der Waals surface area contributed by atoms with Gasteiger partial charge in [0.1, 0.15) is 6.10 Å². The Hall–Kier alpha value is -1.26. The van der Waals surface area contributed by atoms with Crippen LogP contribution in [0.1, 0.15) is 50.8 Å². The van der Waals surface area contributed by atoms with E-state index in [1.54, 1.807) is 0 Å². The van der Waals surface area contributed by atoms with E-state index in [2.05, 4.69) is 43.9 Å². The van der Waals surface area contributed by atoms with Crippen LogP contribution in [0.2, 0.25) is 0 Å². The molecule has 18 heavy (non-hydrogen) atoms. The predicted octanol–water partition coefficient (Wildman–Crippen LogP) is 3.71. The smallest absolute Gasteiger partial charge is 0.119 e. The molecule has 0 heterocycles. The first-order valence-corrected chi connectivity index (χ1v) is 6.63. The van der Waals surface area contributed by atoms with Crippen LogP contribution in [0.3, 0.4) is 0 Å². The fourth-order valence-electron chi connectivity index (χ4n) is 1.67. The van der Waals surface area contributed by atoms with E-state index in [-0.39, 0.29) is 5.41 Å². The third-order valence-corrected chi connectivity index (χ3v) is 2.99. The Balaban J connectivity index is 2.90. The zero-order chi connectivity index (χ0) is 13.8. The van der Waals surface area contributed by atoms with Crippen molar-refractivity contribution in [3.8, 4) is 11.8 Å². The lowest BCUT2D eigenvalue weighted by Crippen LogP contribution is -2.23. The summed E-state index contributed by atoms with van der Waals surface area (Å²) < 4.78 is 0. The molecular weight excluding hydrogens is 220 g/mol. The van der Waals surface area contributed by atoms with Crippen molar-refractivity contribution in [3.63, 3.8) is 0 Å². The van der Waals surface area contributed by atoms with Gasteiger partial charge in [0, 0.05) is 5.56 Å². The Kier molecular flexibility index (Phi) is 4.99. The van der Waals surface area contributed by atoms with Gasteiger partial charge in [0.15, 0.2) is 0 Å². The number of hydrogen-bond acceptors (Lipinski definition) is 1. The lowest BCUT2D eigenvalue weighted by atomic mass is 9.89. The van der Waals surface area contributed by atoms with Crippen molar-refractivity contribution >= 4 is 0 Å². The van der Waals surface area contributed by atoms with Gasteiger partial charge in [-0.05, 0) is 36.0 Å². The van der Waals surface area contributed by atoms with Gasteiger partial charge in [-0.1, -0.05) is 58.1 Å². The van der Waals surface area contributed by atoms with Gasteiger partial charge in [0.05, 0.1) is 0 Å². The number of aryl methyl sites for hydroxylation is 2. The molecule has 1 rings (SSSR count). The SMILES string of the molecule is CCCc1ccc(C#CC(O)C(C)(C)C)c(C)c1. The minimum absolute atomic E-state index is 0.191. The maximum absolute atomic E-state index is 9.90. The van der Waals surface area contributed by atoms with E-state index in [4.69, 9.17) is 0 Å². The third-order valence-electron chi connectivity index (χ3n) is 2.99. The van der Waals surface area contributed by atoms with E-state index in [9.17, 15) is 5.11 Å². The number of hydrogen-bond donors (Lipinski definition) is 1. The zero-order valence-electron chi connectivity index (χ0n) is 12.2. The molecule has 1 heteroatoms. The Morgan fingerprint density at radius 2 is 1.94 bits per heavy atom. The lowest BCUT2D eigenvalue weighted by molar-refractivity contribution is 0.114. The van der Waals surface area contributed by atoms with E-state index in [1.807, 2.05) is 20.8 Å². The average molecular weight is 244 g/mol. The van der Waals surface area contributed by atoms with Gasteiger partial charge in [-0.2, -0.15) is 0 Å². The first-order valence-electron chi connectivity index (χ1n) is 6.63. The van der Waals surface area contributed by atoms with E-state index in [1.165, 1.54) is 11.1 Å². The minimum Gasteiger partial charge on any atom is -0.380 e. The molecule has 1 nitrogen and oxygen atoms in total. The predicted molar refractivity (Wildman–Crippen MR) is 77.5 cm³/mol. The maximum atomic E-state index is 9.90. The van der Waals surface area contributed by atoms with Crippen LogP contribution in [-0.4, -0.2) is 11.2 Å². The molecule has 0 amide bonds. The first kappa shape index (κ1) is 14.8. The van der Waals surface area contributed by atoms with Crippen LogP contribution in [0.15, 0.2) is 18.2 Å². The Morgan fingerprint density at radius 1 is 1.28 bits per heavy atom. The zero-order valence-corrected chi connectivity index (χ0v) is 12.2. The van der Waals surface area contributed by atoms with Crippen LogP contribution < -0.4 is 0 Å². The van der Waals surface area contributed by atoms with Gasteiger partial charge in [-0.3, -0.25) is 0 Å². The summed E-state index contributed by atoms with van der Waals surface area (Å²) in [7, 11) is 0. The highest BCUT2D eigenvalue weighted by Crippen LogP contribution is 2.18. The van der Waals surface area contributed by atoms with Crippen molar-refractivity contribution in [2.24, 2.45) is 5.41 Å². The number of benzene rings is 1. The molecule has 0 radical (unpaired) electrons. The molecule has 0 aromatic heterocycles. The fourth-order valence-corrected chi connectivity index (χ4v) is 1.67. The van der Waals surface area contributed by atoms with Crippen molar-refractivity contribution in [1.29, 1.82) is 0 Å². The van der Waals surface area contributed by atoms with E-state index in [0.29, 0.717) is 0 Å². The Morgan fingerprint density at radius 3 is 2.44 bits per heavy atom. The second kappa shape index (κ2) is 6.07. The van der Waals surface area contributed by atoms with Crippen molar-refractivity contribution in [3.05, 3.63) is 34.9 Å². The van der Waals surface area contributed by atoms with Crippen LogP contribution >= 0.6 is 0 Å². The molecule has 0 bridgehead atoms. The summed E-state index contributed by atoms with van der Waals surface area (Å²) in [6, 6.07) is 6.38. The van der Waals surface area contributed by atoms with Gasteiger partial charge < -0.3 is 5.11 Å². The summed E-state index contributed by atoms with van der Waals surface area (Å²) in [6.45, 7) is 10.2. The quantitative estimate of drug-likeness (QED) is 0.786. The molecule has 1 aromatic rings. The molecule has 1 N–H and O–H groups in total. The van der Waals surface area contributed by atoms with Gasteiger partial charge in [-0.15, -0.1) is 0 Å². The van der Waals surface area contributed by atoms with Crippen molar-refractivity contribution in [2.75, 3.05) is 0 Å². The molecule has 0 saturated carbocycles. The summed E-state index contributed by atoms with van der Waals surface area (Å²) in [6.07, 6.45) is 1.68. The van der Waals surface area contributed by atoms with Crippen molar-refractivity contribution < 1.29 is 5.11 Å². The van der Waals surface area contributed by atoms with Crippen LogP contribution in [0.25, 0.3) is 0 Å². The van der Waals surface area contributed by atoms with Crippen LogP contribution in [0.5, 0.6) is 0 Å². The van der Waals surface area contributed by atoms with Gasteiger partial charge in [0.25, 0.3) is 0 Å². The van der Waals surface area contributed by atoms with E-state index < -0.39 is 6.10 Å². The molecule has 98 valence electrons. The summed E-state index contributed by atoms with van der Waals surface area (Å²) in [5.41, 5.74) is 3.37. The Labute approximate surface area is 111 Å². The number of rotatable bonds is 2. The molecule has 1 atom stereocenters. The summed E-state index contributed by atoms with van der Waals surface area (Å²) in [5, 5.41) is 9.90. The summed E-state index contributed by atoms with van der Waals surface area (Å²) >= 11 is 0. The number of aliphatic hydroxyl groups is 1. The van der Waals surface area contributed by atoms with E-state index >= 15 is 0 Å². The second-order valence-corrected chi connectivity index (χ2v) is 5.94.